The topological polar surface area (TPSA) is 73.0 Å². The Morgan fingerprint density at radius 2 is 1.71 bits per heavy atom. The minimum absolute atomic E-state index is 0.0480. The van der Waals surface area contributed by atoms with Gasteiger partial charge in [-0.3, -0.25) is 19.3 Å². The molecule has 0 radical (unpaired) electrons. The van der Waals surface area contributed by atoms with Crippen LogP contribution < -0.4 is 10.2 Å². The Balaban J connectivity index is 1.36. The van der Waals surface area contributed by atoms with E-state index in [2.05, 4.69) is 10.2 Å². The summed E-state index contributed by atoms with van der Waals surface area (Å²) in [6.07, 6.45) is 4.06. The average Bonchev–Trinajstić information content (AvgIpc) is 3.61. The van der Waals surface area contributed by atoms with Gasteiger partial charge in [0.25, 0.3) is 5.91 Å². The first-order chi connectivity index (χ1) is 13.5. The molecule has 1 aromatic carbocycles. The van der Waals surface area contributed by atoms with Gasteiger partial charge in [0.2, 0.25) is 11.8 Å². The second-order valence-corrected chi connectivity index (χ2v) is 8.10. The molecule has 1 aromatic rings. The summed E-state index contributed by atoms with van der Waals surface area (Å²) in [5.41, 5.74) is 1.24. The third-order valence-corrected chi connectivity index (χ3v) is 5.72. The molecule has 1 heterocycles. The number of amides is 3. The lowest BCUT2D eigenvalue weighted by Gasteiger charge is -2.35. The molecule has 0 aromatic heterocycles. The standard InChI is InChI=1S/C21H28N4O3/c1-23(20(27)15-6-7-15)18-5-3-2-4-17(18)21(28)25-12-10-24(11-13-25)14-19(26)22-16-8-9-16/h2-5,15-16H,6-14H2,1H3,(H,22,26). The van der Waals surface area contributed by atoms with Crippen molar-refractivity contribution in [2.24, 2.45) is 5.92 Å². The molecule has 0 atom stereocenters. The van der Waals surface area contributed by atoms with Crippen LogP contribution in [-0.2, 0) is 9.59 Å². The van der Waals surface area contributed by atoms with Crippen LogP contribution in [0.15, 0.2) is 24.3 Å². The highest BCUT2D eigenvalue weighted by molar-refractivity contribution is 6.05. The van der Waals surface area contributed by atoms with Crippen LogP contribution in [0, 0.1) is 5.92 Å². The van der Waals surface area contributed by atoms with E-state index in [1.807, 2.05) is 23.1 Å². The minimum atomic E-state index is -0.0480. The molecule has 1 aliphatic heterocycles. The van der Waals surface area contributed by atoms with E-state index >= 15 is 0 Å². The summed E-state index contributed by atoms with van der Waals surface area (Å²) >= 11 is 0. The zero-order valence-corrected chi connectivity index (χ0v) is 16.4. The molecule has 2 aliphatic carbocycles. The fourth-order valence-electron chi connectivity index (χ4n) is 3.65. The van der Waals surface area contributed by atoms with Gasteiger partial charge in [-0.2, -0.15) is 0 Å². The third kappa shape index (κ3) is 4.35. The van der Waals surface area contributed by atoms with Crippen molar-refractivity contribution in [2.45, 2.75) is 31.7 Å². The molecule has 4 rings (SSSR count). The molecule has 1 saturated heterocycles. The van der Waals surface area contributed by atoms with Crippen LogP contribution >= 0.6 is 0 Å². The molecule has 0 bridgehead atoms. The summed E-state index contributed by atoms with van der Waals surface area (Å²) < 4.78 is 0. The number of nitrogens with zero attached hydrogens (tertiary/aromatic N) is 3. The average molecular weight is 384 g/mol. The maximum Gasteiger partial charge on any atom is 0.256 e. The van der Waals surface area contributed by atoms with Crippen molar-refractivity contribution in [3.05, 3.63) is 29.8 Å². The van der Waals surface area contributed by atoms with Gasteiger partial charge in [0.05, 0.1) is 17.8 Å². The number of benzene rings is 1. The first-order valence-corrected chi connectivity index (χ1v) is 10.2. The number of nitrogens with one attached hydrogen (secondary N) is 1. The lowest BCUT2D eigenvalue weighted by molar-refractivity contribution is -0.122. The Kier molecular flexibility index (Phi) is 5.35. The predicted octanol–water partition coefficient (Wildman–Crippen LogP) is 1.10. The third-order valence-electron chi connectivity index (χ3n) is 5.72. The van der Waals surface area contributed by atoms with E-state index in [-0.39, 0.29) is 23.6 Å². The molecule has 1 N–H and O–H groups in total. The summed E-state index contributed by atoms with van der Waals surface area (Å²) in [6.45, 7) is 2.94. The molecular weight excluding hydrogens is 356 g/mol. The zero-order chi connectivity index (χ0) is 19.7. The number of carbonyl (C=O) groups is 3. The number of carbonyl (C=O) groups excluding carboxylic acids is 3. The second-order valence-electron chi connectivity index (χ2n) is 8.10. The second kappa shape index (κ2) is 7.91. The summed E-state index contributed by atoms with van der Waals surface area (Å²) in [5, 5.41) is 3.01. The minimum Gasteiger partial charge on any atom is -0.352 e. The van der Waals surface area contributed by atoms with Crippen molar-refractivity contribution < 1.29 is 14.4 Å². The van der Waals surface area contributed by atoms with Crippen molar-refractivity contribution in [3.8, 4) is 0 Å². The quantitative estimate of drug-likeness (QED) is 0.797. The number of para-hydroxylation sites is 1. The first-order valence-electron chi connectivity index (χ1n) is 10.2. The summed E-state index contributed by atoms with van der Waals surface area (Å²) in [4.78, 5) is 43.1. The van der Waals surface area contributed by atoms with E-state index in [0.29, 0.717) is 50.0 Å². The highest BCUT2D eigenvalue weighted by Crippen LogP contribution is 2.33. The Hall–Kier alpha value is -2.41. The van der Waals surface area contributed by atoms with E-state index in [4.69, 9.17) is 0 Å². The number of anilines is 1. The molecule has 7 nitrogen and oxygen atoms in total. The summed E-state index contributed by atoms with van der Waals surface area (Å²) in [6, 6.07) is 7.71. The van der Waals surface area contributed by atoms with Crippen LogP contribution in [0.2, 0.25) is 0 Å². The fourth-order valence-corrected chi connectivity index (χ4v) is 3.65. The molecule has 0 unspecified atom stereocenters. The molecule has 3 amide bonds. The first kappa shape index (κ1) is 18.9. The summed E-state index contributed by atoms with van der Waals surface area (Å²) in [7, 11) is 1.75. The van der Waals surface area contributed by atoms with Gasteiger partial charge < -0.3 is 15.1 Å². The van der Waals surface area contributed by atoms with E-state index < -0.39 is 0 Å². The Labute approximate surface area is 165 Å². The highest BCUT2D eigenvalue weighted by Gasteiger charge is 2.34. The fraction of sp³-hybridized carbons (Fsp3) is 0.571. The molecule has 7 heteroatoms. The Morgan fingerprint density at radius 1 is 1.04 bits per heavy atom. The molecule has 150 valence electrons. The van der Waals surface area contributed by atoms with E-state index in [9.17, 15) is 14.4 Å². The van der Waals surface area contributed by atoms with E-state index in [1.165, 1.54) is 0 Å². The van der Waals surface area contributed by atoms with Crippen molar-refractivity contribution in [3.63, 3.8) is 0 Å². The van der Waals surface area contributed by atoms with Crippen LogP contribution in [-0.4, -0.2) is 73.3 Å². The lowest BCUT2D eigenvalue weighted by atomic mass is 10.1. The van der Waals surface area contributed by atoms with E-state index in [0.717, 1.165) is 25.7 Å². The van der Waals surface area contributed by atoms with Crippen molar-refractivity contribution >= 4 is 23.4 Å². The van der Waals surface area contributed by atoms with Gasteiger partial charge in [-0.1, -0.05) is 12.1 Å². The van der Waals surface area contributed by atoms with Gasteiger partial charge in [-0.15, -0.1) is 0 Å². The molecular formula is C21H28N4O3. The van der Waals surface area contributed by atoms with Gasteiger partial charge in [0.1, 0.15) is 0 Å². The van der Waals surface area contributed by atoms with Crippen LogP contribution in [0.25, 0.3) is 0 Å². The van der Waals surface area contributed by atoms with Crippen molar-refractivity contribution in [1.82, 2.24) is 15.1 Å². The van der Waals surface area contributed by atoms with E-state index in [1.54, 1.807) is 18.0 Å². The highest BCUT2D eigenvalue weighted by atomic mass is 16.2. The SMILES string of the molecule is CN(C(=O)C1CC1)c1ccccc1C(=O)N1CCN(CC(=O)NC2CC2)CC1. The number of piperazine rings is 1. The normalized spacial score (nSPS) is 20.0. The zero-order valence-electron chi connectivity index (χ0n) is 16.4. The van der Waals surface area contributed by atoms with Gasteiger partial charge >= 0.3 is 0 Å². The van der Waals surface area contributed by atoms with Crippen LogP contribution in [0.5, 0.6) is 0 Å². The Morgan fingerprint density at radius 3 is 2.36 bits per heavy atom. The predicted molar refractivity (Wildman–Crippen MR) is 106 cm³/mol. The maximum absolute atomic E-state index is 13.1. The van der Waals surface area contributed by atoms with Crippen LogP contribution in [0.3, 0.4) is 0 Å². The number of hydrogen-bond donors (Lipinski definition) is 1. The maximum atomic E-state index is 13.1. The number of rotatable bonds is 6. The van der Waals surface area contributed by atoms with Gasteiger partial charge in [0, 0.05) is 45.2 Å². The largest absolute Gasteiger partial charge is 0.352 e. The van der Waals surface area contributed by atoms with Gasteiger partial charge in [-0.25, -0.2) is 0 Å². The molecule has 28 heavy (non-hydrogen) atoms. The van der Waals surface area contributed by atoms with Gasteiger partial charge in [0.15, 0.2) is 0 Å². The van der Waals surface area contributed by atoms with Crippen molar-refractivity contribution in [1.29, 1.82) is 0 Å². The molecule has 3 aliphatic rings. The smallest absolute Gasteiger partial charge is 0.256 e. The Bertz CT molecular complexity index is 765. The summed E-state index contributed by atoms with van der Waals surface area (Å²) in [5.74, 6) is 0.228. The lowest BCUT2D eigenvalue weighted by Crippen LogP contribution is -2.51. The van der Waals surface area contributed by atoms with Crippen LogP contribution in [0.1, 0.15) is 36.0 Å². The van der Waals surface area contributed by atoms with Crippen molar-refractivity contribution in [2.75, 3.05) is 44.7 Å². The monoisotopic (exact) mass is 384 g/mol. The molecule has 2 saturated carbocycles. The molecule has 3 fully saturated rings. The molecule has 0 spiro atoms. The van der Waals surface area contributed by atoms with Crippen LogP contribution in [0.4, 0.5) is 5.69 Å². The number of hydrogen-bond acceptors (Lipinski definition) is 4. The van der Waals surface area contributed by atoms with Gasteiger partial charge in [-0.05, 0) is 37.8 Å².